The zero-order chi connectivity index (χ0) is 11.4. The van der Waals surface area contributed by atoms with Gasteiger partial charge in [-0.15, -0.1) is 0 Å². The molecule has 88 valence electrons. The Morgan fingerprint density at radius 3 is 2.56 bits per heavy atom. The molecule has 1 fully saturated rings. The van der Waals surface area contributed by atoms with Crippen molar-refractivity contribution in [1.82, 2.24) is 15.5 Å². The van der Waals surface area contributed by atoms with Crippen molar-refractivity contribution in [1.29, 1.82) is 0 Å². The van der Waals surface area contributed by atoms with Crippen molar-refractivity contribution in [2.24, 2.45) is 11.8 Å². The average molecular weight is 219 g/mol. The number of nitrogens with one attached hydrogen (secondary N) is 1. The predicted molar refractivity (Wildman–Crippen MR) is 65.0 cm³/mol. The van der Waals surface area contributed by atoms with Gasteiger partial charge < -0.3 is 5.32 Å². The van der Waals surface area contributed by atoms with E-state index in [1.165, 1.54) is 31.2 Å². The molecule has 0 radical (unpaired) electrons. The van der Waals surface area contributed by atoms with E-state index in [4.69, 9.17) is 0 Å². The number of aromatic nitrogens is 2. The van der Waals surface area contributed by atoms with Crippen molar-refractivity contribution >= 4 is 0 Å². The fraction of sp³-hybridized carbons (Fsp3) is 0.692. The first-order valence-electron chi connectivity index (χ1n) is 6.25. The first-order chi connectivity index (χ1) is 7.81. The van der Waals surface area contributed by atoms with Gasteiger partial charge in [0, 0.05) is 12.2 Å². The maximum absolute atomic E-state index is 3.97. The summed E-state index contributed by atoms with van der Waals surface area (Å²) in [5.41, 5.74) is 1.28. The van der Waals surface area contributed by atoms with Gasteiger partial charge in [-0.3, -0.25) is 0 Å². The minimum atomic E-state index is 0.447. The van der Waals surface area contributed by atoms with E-state index in [0.717, 1.165) is 11.8 Å². The van der Waals surface area contributed by atoms with Crippen LogP contribution in [0.15, 0.2) is 18.5 Å². The second-order valence-corrected chi connectivity index (χ2v) is 4.96. The second kappa shape index (κ2) is 5.39. The lowest BCUT2D eigenvalue weighted by atomic mass is 9.77. The zero-order valence-corrected chi connectivity index (χ0v) is 10.2. The van der Waals surface area contributed by atoms with Gasteiger partial charge in [-0.2, -0.15) is 10.2 Å². The van der Waals surface area contributed by atoms with E-state index in [2.05, 4.69) is 28.5 Å². The molecule has 1 unspecified atom stereocenters. The molecule has 1 aromatic rings. The van der Waals surface area contributed by atoms with Crippen LogP contribution in [0, 0.1) is 11.8 Å². The summed E-state index contributed by atoms with van der Waals surface area (Å²) < 4.78 is 0. The Balaban J connectivity index is 2.05. The van der Waals surface area contributed by atoms with E-state index in [1.54, 1.807) is 6.20 Å². The molecule has 1 heterocycles. The molecule has 1 saturated carbocycles. The summed E-state index contributed by atoms with van der Waals surface area (Å²) in [6, 6.07) is 2.52. The van der Waals surface area contributed by atoms with E-state index in [9.17, 15) is 0 Å². The van der Waals surface area contributed by atoms with Crippen LogP contribution in [-0.4, -0.2) is 17.2 Å². The highest BCUT2D eigenvalue weighted by Crippen LogP contribution is 2.36. The third-order valence-electron chi connectivity index (χ3n) is 3.81. The van der Waals surface area contributed by atoms with Gasteiger partial charge in [0.1, 0.15) is 0 Å². The predicted octanol–water partition coefficient (Wildman–Crippen LogP) is 2.56. The molecule has 3 nitrogen and oxygen atoms in total. The fourth-order valence-corrected chi connectivity index (χ4v) is 2.78. The molecule has 2 rings (SSSR count). The molecule has 1 atom stereocenters. The van der Waals surface area contributed by atoms with Crippen LogP contribution < -0.4 is 5.32 Å². The fourth-order valence-electron chi connectivity index (χ4n) is 2.78. The molecule has 0 bridgehead atoms. The van der Waals surface area contributed by atoms with Crippen molar-refractivity contribution < 1.29 is 0 Å². The molecule has 1 aromatic heterocycles. The Bertz CT molecular complexity index is 304. The average Bonchev–Trinajstić information content (AvgIpc) is 2.34. The largest absolute Gasteiger partial charge is 0.313 e. The van der Waals surface area contributed by atoms with Crippen LogP contribution in [0.3, 0.4) is 0 Å². The van der Waals surface area contributed by atoms with Gasteiger partial charge in [-0.05, 0) is 43.4 Å². The van der Waals surface area contributed by atoms with Crippen molar-refractivity contribution in [2.75, 3.05) is 7.05 Å². The molecule has 0 aromatic carbocycles. The van der Waals surface area contributed by atoms with Crippen LogP contribution in [-0.2, 0) is 0 Å². The van der Waals surface area contributed by atoms with Crippen LogP contribution in [0.4, 0.5) is 0 Å². The van der Waals surface area contributed by atoms with Gasteiger partial charge in [0.25, 0.3) is 0 Å². The quantitative estimate of drug-likeness (QED) is 0.849. The van der Waals surface area contributed by atoms with Crippen LogP contribution in [0.25, 0.3) is 0 Å². The highest BCUT2D eigenvalue weighted by molar-refractivity contribution is 5.12. The Kier molecular flexibility index (Phi) is 3.88. The molecule has 0 spiro atoms. The number of nitrogens with zero attached hydrogens (tertiary/aromatic N) is 2. The number of hydrogen-bond acceptors (Lipinski definition) is 3. The molecule has 0 aliphatic heterocycles. The molecule has 0 amide bonds. The van der Waals surface area contributed by atoms with Crippen molar-refractivity contribution in [2.45, 2.75) is 38.6 Å². The van der Waals surface area contributed by atoms with Gasteiger partial charge in [0.15, 0.2) is 0 Å². The lowest BCUT2D eigenvalue weighted by molar-refractivity contribution is 0.237. The lowest BCUT2D eigenvalue weighted by Gasteiger charge is -2.32. The smallest absolute Gasteiger partial charge is 0.0544 e. The lowest BCUT2D eigenvalue weighted by Crippen LogP contribution is -2.28. The van der Waals surface area contributed by atoms with E-state index < -0.39 is 0 Å². The molecule has 0 saturated heterocycles. The molecule has 1 N–H and O–H groups in total. The Morgan fingerprint density at radius 1 is 1.25 bits per heavy atom. The van der Waals surface area contributed by atoms with E-state index in [-0.39, 0.29) is 0 Å². The monoisotopic (exact) mass is 219 g/mol. The normalized spacial score (nSPS) is 27.6. The SMILES string of the molecule is CNC(c1ccnnc1)C1CCC(C)CC1. The molecule has 3 heteroatoms. The van der Waals surface area contributed by atoms with E-state index in [1.807, 2.05) is 13.2 Å². The first-order valence-corrected chi connectivity index (χ1v) is 6.25. The third kappa shape index (κ3) is 2.59. The Labute approximate surface area is 97.7 Å². The van der Waals surface area contributed by atoms with Crippen LogP contribution >= 0.6 is 0 Å². The summed E-state index contributed by atoms with van der Waals surface area (Å²) in [4.78, 5) is 0. The molecule has 1 aliphatic carbocycles. The van der Waals surface area contributed by atoms with Crippen molar-refractivity contribution in [3.8, 4) is 0 Å². The molecule has 16 heavy (non-hydrogen) atoms. The van der Waals surface area contributed by atoms with Crippen molar-refractivity contribution in [3.05, 3.63) is 24.0 Å². The standard InChI is InChI=1S/C13H21N3/c1-10-3-5-11(6-4-10)13(14-2)12-7-8-15-16-9-12/h7-11,13-14H,3-6H2,1-2H3. The zero-order valence-electron chi connectivity index (χ0n) is 10.2. The molecule has 1 aliphatic rings. The van der Waals surface area contributed by atoms with Gasteiger partial charge in [-0.1, -0.05) is 19.8 Å². The van der Waals surface area contributed by atoms with Gasteiger partial charge in [0.05, 0.1) is 6.20 Å². The Hall–Kier alpha value is -0.960. The second-order valence-electron chi connectivity index (χ2n) is 4.96. The number of hydrogen-bond donors (Lipinski definition) is 1. The highest BCUT2D eigenvalue weighted by Gasteiger charge is 2.26. The highest BCUT2D eigenvalue weighted by atomic mass is 15.1. The van der Waals surface area contributed by atoms with Gasteiger partial charge in [0.2, 0.25) is 0 Å². The van der Waals surface area contributed by atoms with Crippen LogP contribution in [0.1, 0.15) is 44.2 Å². The Morgan fingerprint density at radius 2 is 2.00 bits per heavy atom. The summed E-state index contributed by atoms with van der Waals surface area (Å²) in [5.74, 6) is 1.66. The minimum absolute atomic E-state index is 0.447. The number of rotatable bonds is 3. The topological polar surface area (TPSA) is 37.8 Å². The van der Waals surface area contributed by atoms with E-state index in [0.29, 0.717) is 6.04 Å². The van der Waals surface area contributed by atoms with Crippen LogP contribution in [0.5, 0.6) is 0 Å². The maximum Gasteiger partial charge on any atom is 0.0544 e. The molecular weight excluding hydrogens is 198 g/mol. The summed E-state index contributed by atoms with van der Waals surface area (Å²) in [5, 5.41) is 11.2. The molecular formula is C13H21N3. The summed E-state index contributed by atoms with van der Waals surface area (Å²) in [6.45, 7) is 2.36. The summed E-state index contributed by atoms with van der Waals surface area (Å²) in [7, 11) is 2.04. The van der Waals surface area contributed by atoms with Gasteiger partial charge >= 0.3 is 0 Å². The van der Waals surface area contributed by atoms with Crippen LogP contribution in [0.2, 0.25) is 0 Å². The summed E-state index contributed by atoms with van der Waals surface area (Å²) >= 11 is 0. The maximum atomic E-state index is 3.97. The summed E-state index contributed by atoms with van der Waals surface area (Å²) in [6.07, 6.45) is 9.05. The van der Waals surface area contributed by atoms with Crippen molar-refractivity contribution in [3.63, 3.8) is 0 Å². The minimum Gasteiger partial charge on any atom is -0.313 e. The first kappa shape index (κ1) is 11.5. The van der Waals surface area contributed by atoms with E-state index >= 15 is 0 Å². The van der Waals surface area contributed by atoms with Gasteiger partial charge in [-0.25, -0.2) is 0 Å². The third-order valence-corrected chi connectivity index (χ3v) is 3.81.